The average molecular weight is 144 g/mol. The van der Waals surface area contributed by atoms with Gasteiger partial charge in [-0.25, -0.2) is 0 Å². The van der Waals surface area contributed by atoms with E-state index in [9.17, 15) is 0 Å². The first kappa shape index (κ1) is 8.02. The molecular formula is C8H16O2. The van der Waals surface area contributed by atoms with Crippen molar-refractivity contribution < 1.29 is 9.47 Å². The molecule has 10 heavy (non-hydrogen) atoms. The molecule has 0 aromatic rings. The largest absolute Gasteiger partial charge is 0.378 e. The number of hydrogen-bond donors (Lipinski definition) is 0. The zero-order chi connectivity index (χ0) is 7.61. The summed E-state index contributed by atoms with van der Waals surface area (Å²) in [5, 5.41) is 0. The van der Waals surface area contributed by atoms with E-state index in [2.05, 4.69) is 20.8 Å². The lowest BCUT2D eigenvalue weighted by Gasteiger charge is -2.05. The summed E-state index contributed by atoms with van der Waals surface area (Å²) in [6, 6.07) is 0. The smallest absolute Gasteiger partial charge is 0.115 e. The quantitative estimate of drug-likeness (QED) is 0.441. The Balaban J connectivity index is 2.03. The summed E-state index contributed by atoms with van der Waals surface area (Å²) in [5.74, 6) is 0. The fraction of sp³-hybridized carbons (Fsp3) is 1.00. The Morgan fingerprint density at radius 3 is 2.60 bits per heavy atom. The summed E-state index contributed by atoms with van der Waals surface area (Å²) in [5.41, 5.74) is 0.0369. The van der Waals surface area contributed by atoms with Crippen LogP contribution in [0, 0.1) is 0 Å². The van der Waals surface area contributed by atoms with E-state index in [1.807, 2.05) is 0 Å². The third kappa shape index (κ3) is 1.70. The van der Waals surface area contributed by atoms with E-state index in [1.165, 1.54) is 0 Å². The van der Waals surface area contributed by atoms with Gasteiger partial charge in [-0.05, 0) is 20.3 Å². The molecule has 1 aliphatic rings. The predicted molar refractivity (Wildman–Crippen MR) is 40.1 cm³/mol. The molecule has 0 N–H and O–H groups in total. The van der Waals surface area contributed by atoms with Crippen LogP contribution in [0.1, 0.15) is 27.2 Å². The Bertz CT molecular complexity index is 114. The van der Waals surface area contributed by atoms with Gasteiger partial charge in [0.15, 0.2) is 0 Å². The minimum absolute atomic E-state index is 0.0369. The van der Waals surface area contributed by atoms with E-state index in [0.717, 1.165) is 19.6 Å². The molecule has 1 fully saturated rings. The lowest BCUT2D eigenvalue weighted by molar-refractivity contribution is 0.0858. The molecule has 0 aromatic carbocycles. The molecule has 0 spiro atoms. The van der Waals surface area contributed by atoms with Gasteiger partial charge in [-0.15, -0.1) is 0 Å². The molecule has 0 radical (unpaired) electrons. The highest BCUT2D eigenvalue weighted by molar-refractivity contribution is 4.95. The van der Waals surface area contributed by atoms with Crippen LogP contribution in [0.2, 0.25) is 0 Å². The van der Waals surface area contributed by atoms with Gasteiger partial charge < -0.3 is 9.47 Å². The van der Waals surface area contributed by atoms with Crippen LogP contribution in [0.25, 0.3) is 0 Å². The van der Waals surface area contributed by atoms with Crippen molar-refractivity contribution in [3.63, 3.8) is 0 Å². The molecule has 0 bridgehead atoms. The Morgan fingerprint density at radius 2 is 2.20 bits per heavy atom. The monoisotopic (exact) mass is 144 g/mol. The summed E-state index contributed by atoms with van der Waals surface area (Å²) in [4.78, 5) is 0. The molecule has 1 heterocycles. The lowest BCUT2D eigenvalue weighted by Crippen LogP contribution is -2.17. The lowest BCUT2D eigenvalue weighted by atomic mass is 10.1. The van der Waals surface area contributed by atoms with Gasteiger partial charge in [0.1, 0.15) is 5.60 Å². The van der Waals surface area contributed by atoms with E-state index in [4.69, 9.17) is 9.47 Å². The van der Waals surface area contributed by atoms with E-state index < -0.39 is 0 Å². The van der Waals surface area contributed by atoms with Gasteiger partial charge in [-0.1, -0.05) is 6.92 Å². The van der Waals surface area contributed by atoms with Gasteiger partial charge in [0.25, 0.3) is 0 Å². The van der Waals surface area contributed by atoms with E-state index in [-0.39, 0.29) is 5.60 Å². The van der Waals surface area contributed by atoms with E-state index in [1.54, 1.807) is 0 Å². The molecule has 1 aliphatic heterocycles. The summed E-state index contributed by atoms with van der Waals surface area (Å²) in [6.07, 6.45) is 1.48. The third-order valence-electron chi connectivity index (χ3n) is 1.99. The Morgan fingerprint density at radius 1 is 1.60 bits per heavy atom. The molecule has 1 saturated heterocycles. The summed E-state index contributed by atoms with van der Waals surface area (Å²) in [7, 11) is 0. The van der Waals surface area contributed by atoms with Crippen molar-refractivity contribution in [3.05, 3.63) is 0 Å². The molecule has 0 aromatic heterocycles. The Hall–Kier alpha value is -0.0800. The molecule has 2 atom stereocenters. The zero-order valence-corrected chi connectivity index (χ0v) is 7.02. The maximum Gasteiger partial charge on any atom is 0.115 e. The van der Waals surface area contributed by atoms with Crippen molar-refractivity contribution in [2.24, 2.45) is 0 Å². The highest BCUT2D eigenvalue weighted by Crippen LogP contribution is 2.35. The van der Waals surface area contributed by atoms with Gasteiger partial charge in [-0.3, -0.25) is 0 Å². The molecule has 0 amide bonds. The maximum atomic E-state index is 5.36. The van der Waals surface area contributed by atoms with Crippen LogP contribution in [-0.4, -0.2) is 24.9 Å². The molecule has 2 unspecified atom stereocenters. The van der Waals surface area contributed by atoms with Crippen molar-refractivity contribution in [2.75, 3.05) is 13.2 Å². The van der Waals surface area contributed by atoms with Gasteiger partial charge in [0.05, 0.1) is 12.7 Å². The molecular weight excluding hydrogens is 128 g/mol. The fourth-order valence-electron chi connectivity index (χ4n) is 0.940. The van der Waals surface area contributed by atoms with Crippen molar-refractivity contribution >= 4 is 0 Å². The second-order valence-corrected chi connectivity index (χ2v) is 3.13. The van der Waals surface area contributed by atoms with Crippen LogP contribution < -0.4 is 0 Å². The standard InChI is InChI=1S/C8H16O2/c1-4-5-9-6-8(3)7(2)10-8/h7H,4-6H2,1-3H3. The van der Waals surface area contributed by atoms with Gasteiger partial charge >= 0.3 is 0 Å². The van der Waals surface area contributed by atoms with Crippen LogP contribution in [0.15, 0.2) is 0 Å². The first-order valence-corrected chi connectivity index (χ1v) is 3.94. The second-order valence-electron chi connectivity index (χ2n) is 3.13. The number of epoxide rings is 1. The highest BCUT2D eigenvalue weighted by Gasteiger charge is 2.48. The van der Waals surface area contributed by atoms with Crippen molar-refractivity contribution in [1.29, 1.82) is 0 Å². The van der Waals surface area contributed by atoms with Crippen molar-refractivity contribution in [2.45, 2.75) is 38.9 Å². The van der Waals surface area contributed by atoms with Crippen LogP contribution in [0.4, 0.5) is 0 Å². The van der Waals surface area contributed by atoms with Crippen molar-refractivity contribution in [1.82, 2.24) is 0 Å². The van der Waals surface area contributed by atoms with E-state index >= 15 is 0 Å². The molecule has 2 nitrogen and oxygen atoms in total. The van der Waals surface area contributed by atoms with Crippen LogP contribution in [-0.2, 0) is 9.47 Å². The van der Waals surface area contributed by atoms with Crippen LogP contribution in [0.3, 0.4) is 0 Å². The predicted octanol–water partition coefficient (Wildman–Crippen LogP) is 1.59. The normalized spacial score (nSPS) is 38.1. The van der Waals surface area contributed by atoms with Gasteiger partial charge in [0.2, 0.25) is 0 Å². The Kier molecular flexibility index (Phi) is 2.32. The van der Waals surface area contributed by atoms with Crippen LogP contribution >= 0.6 is 0 Å². The summed E-state index contributed by atoms with van der Waals surface area (Å²) >= 11 is 0. The van der Waals surface area contributed by atoms with Crippen LogP contribution in [0.5, 0.6) is 0 Å². The zero-order valence-electron chi connectivity index (χ0n) is 7.02. The number of hydrogen-bond acceptors (Lipinski definition) is 2. The minimum atomic E-state index is 0.0369. The maximum absolute atomic E-state index is 5.36. The topological polar surface area (TPSA) is 21.8 Å². The highest BCUT2D eigenvalue weighted by atomic mass is 16.6. The molecule has 2 heteroatoms. The first-order chi connectivity index (χ1) is 4.69. The SMILES string of the molecule is CCCOCC1(C)OC1C. The molecule has 1 rings (SSSR count). The van der Waals surface area contributed by atoms with Gasteiger partial charge in [-0.2, -0.15) is 0 Å². The summed E-state index contributed by atoms with van der Waals surface area (Å²) in [6.45, 7) is 7.88. The third-order valence-corrected chi connectivity index (χ3v) is 1.99. The Labute approximate surface area is 62.5 Å². The molecule has 0 saturated carbocycles. The van der Waals surface area contributed by atoms with E-state index in [0.29, 0.717) is 6.10 Å². The minimum Gasteiger partial charge on any atom is -0.378 e. The molecule has 0 aliphatic carbocycles. The second kappa shape index (κ2) is 2.89. The fourth-order valence-corrected chi connectivity index (χ4v) is 0.940. The molecule has 60 valence electrons. The number of rotatable bonds is 4. The van der Waals surface area contributed by atoms with Gasteiger partial charge in [0, 0.05) is 6.61 Å². The van der Waals surface area contributed by atoms with Crippen molar-refractivity contribution in [3.8, 4) is 0 Å². The summed E-state index contributed by atoms with van der Waals surface area (Å²) < 4.78 is 10.7. The first-order valence-electron chi connectivity index (χ1n) is 3.94. The average Bonchev–Trinajstić information content (AvgIpc) is 2.42. The number of ether oxygens (including phenoxy) is 2.